The summed E-state index contributed by atoms with van der Waals surface area (Å²) in [4.78, 5) is 2.21. The van der Waals surface area contributed by atoms with Gasteiger partial charge in [-0.25, -0.2) is 4.39 Å². The Morgan fingerprint density at radius 1 is 1.42 bits per heavy atom. The highest BCUT2D eigenvalue weighted by molar-refractivity contribution is 5.16. The summed E-state index contributed by atoms with van der Waals surface area (Å²) in [6.45, 7) is 4.62. The van der Waals surface area contributed by atoms with Gasteiger partial charge in [-0.2, -0.15) is 0 Å². The summed E-state index contributed by atoms with van der Waals surface area (Å²) in [6, 6.07) is 6.71. The maximum Gasteiger partial charge on any atom is 0.123 e. The van der Waals surface area contributed by atoms with Gasteiger partial charge in [-0.1, -0.05) is 12.1 Å². The highest BCUT2D eigenvalue weighted by Crippen LogP contribution is 2.14. The van der Waals surface area contributed by atoms with Crippen LogP contribution in [0.25, 0.3) is 0 Å². The molecule has 4 heteroatoms. The summed E-state index contributed by atoms with van der Waals surface area (Å²) >= 11 is 0. The summed E-state index contributed by atoms with van der Waals surface area (Å²) in [6.07, 6.45) is 2.45. The van der Waals surface area contributed by atoms with Crippen LogP contribution in [0.15, 0.2) is 24.3 Å². The molecule has 0 aromatic heterocycles. The number of aliphatic hydroxyl groups is 1. The van der Waals surface area contributed by atoms with E-state index in [-0.39, 0.29) is 12.4 Å². The zero-order valence-corrected chi connectivity index (χ0v) is 11.3. The van der Waals surface area contributed by atoms with Crippen molar-refractivity contribution >= 4 is 0 Å². The molecule has 1 heterocycles. The summed E-state index contributed by atoms with van der Waals surface area (Å²) in [7, 11) is 0. The zero-order chi connectivity index (χ0) is 13.5. The van der Waals surface area contributed by atoms with Crippen LogP contribution >= 0.6 is 0 Å². The number of nitrogens with zero attached hydrogens (tertiary/aromatic N) is 1. The highest BCUT2D eigenvalue weighted by Gasteiger charge is 2.17. The van der Waals surface area contributed by atoms with Crippen molar-refractivity contribution in [2.45, 2.75) is 19.4 Å². The molecule has 1 unspecified atom stereocenters. The predicted molar refractivity (Wildman–Crippen MR) is 74.4 cm³/mol. The minimum Gasteiger partial charge on any atom is -0.395 e. The molecule has 0 bridgehead atoms. The molecule has 0 aliphatic carbocycles. The van der Waals surface area contributed by atoms with Crippen LogP contribution in [0.1, 0.15) is 18.4 Å². The lowest BCUT2D eigenvalue weighted by atomic mass is 9.99. The molecule has 19 heavy (non-hydrogen) atoms. The molecule has 2 rings (SSSR count). The fraction of sp³-hybridized carbons (Fsp3) is 0.600. The molecule has 1 aromatic rings. The van der Waals surface area contributed by atoms with E-state index in [1.165, 1.54) is 18.9 Å². The predicted octanol–water partition coefficient (Wildman–Crippen LogP) is 1.62. The third-order valence-electron chi connectivity index (χ3n) is 3.63. The van der Waals surface area contributed by atoms with Gasteiger partial charge in [0.15, 0.2) is 0 Å². The maximum atomic E-state index is 13.2. The van der Waals surface area contributed by atoms with E-state index in [1.807, 2.05) is 6.07 Å². The summed E-state index contributed by atoms with van der Waals surface area (Å²) < 4.78 is 13.2. The Hall–Kier alpha value is -0.970. The second-order valence-electron chi connectivity index (χ2n) is 5.30. The van der Waals surface area contributed by atoms with Crippen LogP contribution in [-0.2, 0) is 6.54 Å². The van der Waals surface area contributed by atoms with Crippen LogP contribution < -0.4 is 5.32 Å². The smallest absolute Gasteiger partial charge is 0.123 e. The lowest BCUT2D eigenvalue weighted by molar-refractivity contribution is 0.158. The quantitative estimate of drug-likeness (QED) is 0.821. The van der Waals surface area contributed by atoms with E-state index in [4.69, 9.17) is 5.11 Å². The molecule has 1 aromatic carbocycles. The van der Waals surface area contributed by atoms with Gasteiger partial charge in [-0.05, 0) is 49.5 Å². The Morgan fingerprint density at radius 2 is 2.32 bits per heavy atom. The number of halogens is 1. The first-order valence-corrected chi connectivity index (χ1v) is 7.06. The third kappa shape index (κ3) is 4.90. The number of piperidine rings is 1. The van der Waals surface area contributed by atoms with Gasteiger partial charge in [0, 0.05) is 19.6 Å². The fourth-order valence-electron chi connectivity index (χ4n) is 2.71. The van der Waals surface area contributed by atoms with Crippen molar-refractivity contribution in [3.05, 3.63) is 35.6 Å². The van der Waals surface area contributed by atoms with Gasteiger partial charge in [0.2, 0.25) is 0 Å². The third-order valence-corrected chi connectivity index (χ3v) is 3.63. The SMILES string of the molecule is OCCN(Cc1cccc(F)c1)CC1CCCNC1. The Balaban J connectivity index is 1.91. The van der Waals surface area contributed by atoms with Crippen molar-refractivity contribution in [3.8, 4) is 0 Å². The molecule has 0 saturated carbocycles. The molecule has 0 radical (unpaired) electrons. The largest absolute Gasteiger partial charge is 0.395 e. The van der Waals surface area contributed by atoms with Crippen molar-refractivity contribution in [3.63, 3.8) is 0 Å². The van der Waals surface area contributed by atoms with Crippen LogP contribution in [0.5, 0.6) is 0 Å². The number of benzene rings is 1. The molecule has 0 amide bonds. The van der Waals surface area contributed by atoms with Gasteiger partial charge < -0.3 is 10.4 Å². The first-order valence-electron chi connectivity index (χ1n) is 7.06. The lowest BCUT2D eigenvalue weighted by Gasteiger charge is -2.29. The average Bonchev–Trinajstić information content (AvgIpc) is 2.40. The normalized spacial score (nSPS) is 19.8. The van der Waals surface area contributed by atoms with Crippen LogP contribution in [0.2, 0.25) is 0 Å². The minimum absolute atomic E-state index is 0.148. The van der Waals surface area contributed by atoms with Crippen molar-refractivity contribution in [1.82, 2.24) is 10.2 Å². The van der Waals surface area contributed by atoms with Crippen molar-refractivity contribution in [2.24, 2.45) is 5.92 Å². The molecule has 2 N–H and O–H groups in total. The van der Waals surface area contributed by atoms with Crippen LogP contribution in [0, 0.1) is 11.7 Å². The maximum absolute atomic E-state index is 13.2. The molecule has 1 saturated heterocycles. The first kappa shape index (κ1) is 14.4. The number of aliphatic hydroxyl groups excluding tert-OH is 1. The van der Waals surface area contributed by atoms with Gasteiger partial charge in [0.05, 0.1) is 6.61 Å². The zero-order valence-electron chi connectivity index (χ0n) is 11.3. The monoisotopic (exact) mass is 266 g/mol. The molecule has 1 atom stereocenters. The second kappa shape index (κ2) is 7.58. The number of hydrogen-bond acceptors (Lipinski definition) is 3. The Bertz CT molecular complexity index is 380. The molecule has 3 nitrogen and oxygen atoms in total. The molecular weight excluding hydrogens is 243 g/mol. The fourth-order valence-corrected chi connectivity index (χ4v) is 2.71. The van der Waals surface area contributed by atoms with Gasteiger partial charge in [0.1, 0.15) is 5.82 Å². The standard InChI is InChI=1S/C15H23FN2O/c16-15-5-1-3-13(9-15)11-18(7-8-19)12-14-4-2-6-17-10-14/h1,3,5,9,14,17,19H,2,4,6-8,10-12H2. The molecule has 106 valence electrons. The van der Waals surface area contributed by atoms with E-state index < -0.39 is 0 Å². The van der Waals surface area contributed by atoms with Gasteiger partial charge in [-0.15, -0.1) is 0 Å². The molecular formula is C15H23FN2O. The summed E-state index contributed by atoms with van der Waals surface area (Å²) in [5.41, 5.74) is 0.970. The number of nitrogens with one attached hydrogen (secondary N) is 1. The Labute approximate surface area is 114 Å². The van der Waals surface area contributed by atoms with Crippen LogP contribution in [-0.4, -0.2) is 42.8 Å². The van der Waals surface area contributed by atoms with E-state index >= 15 is 0 Å². The molecule has 1 aliphatic rings. The van der Waals surface area contributed by atoms with E-state index in [0.29, 0.717) is 19.0 Å². The summed E-state index contributed by atoms with van der Waals surface area (Å²) in [5, 5.41) is 12.6. The second-order valence-corrected chi connectivity index (χ2v) is 5.30. The highest BCUT2D eigenvalue weighted by atomic mass is 19.1. The van der Waals surface area contributed by atoms with Crippen LogP contribution in [0.4, 0.5) is 4.39 Å². The van der Waals surface area contributed by atoms with E-state index in [9.17, 15) is 4.39 Å². The molecule has 0 spiro atoms. The average molecular weight is 266 g/mol. The Morgan fingerprint density at radius 3 is 3.00 bits per heavy atom. The molecule has 1 fully saturated rings. The van der Waals surface area contributed by atoms with Crippen molar-refractivity contribution < 1.29 is 9.50 Å². The Kier molecular flexibility index (Phi) is 5.76. The van der Waals surface area contributed by atoms with Crippen LogP contribution in [0.3, 0.4) is 0 Å². The van der Waals surface area contributed by atoms with Gasteiger partial charge >= 0.3 is 0 Å². The van der Waals surface area contributed by atoms with Crippen molar-refractivity contribution in [2.75, 3.05) is 32.8 Å². The topological polar surface area (TPSA) is 35.5 Å². The van der Waals surface area contributed by atoms with E-state index in [1.54, 1.807) is 12.1 Å². The number of hydrogen-bond donors (Lipinski definition) is 2. The first-order chi connectivity index (χ1) is 9.28. The minimum atomic E-state index is -0.194. The molecule has 1 aliphatic heterocycles. The lowest BCUT2D eigenvalue weighted by Crippen LogP contribution is -2.39. The van der Waals surface area contributed by atoms with Gasteiger partial charge in [-0.3, -0.25) is 4.90 Å². The van der Waals surface area contributed by atoms with Gasteiger partial charge in [0.25, 0.3) is 0 Å². The number of rotatable bonds is 6. The van der Waals surface area contributed by atoms with E-state index in [0.717, 1.165) is 25.2 Å². The summed E-state index contributed by atoms with van der Waals surface area (Å²) in [5.74, 6) is 0.439. The van der Waals surface area contributed by atoms with E-state index in [2.05, 4.69) is 10.2 Å². The van der Waals surface area contributed by atoms with Crippen molar-refractivity contribution in [1.29, 1.82) is 0 Å².